The number of hydrogen-bond donors (Lipinski definition) is 0. The van der Waals surface area contributed by atoms with E-state index in [1.165, 1.54) is 6.92 Å². The Kier molecular flexibility index (Phi) is 11.4. The van der Waals surface area contributed by atoms with Gasteiger partial charge in [0.25, 0.3) is 0 Å². The standard InChI is InChI=1S/C31H46N2O7S/c1-11-41(36,37)40-26-14-12-24(13-15-26)16-17-33(21-27(34)32(9)10)20-25-18-22(2)28(23(3)19-25)38-31(7,8)29(35)39-30(4,5)6/h12-15,18-19H,11,16-17,20-21H2,1-10H3. The summed E-state index contributed by atoms with van der Waals surface area (Å²) in [6.07, 6.45) is 0.657. The van der Waals surface area contributed by atoms with E-state index in [1.54, 1.807) is 45.0 Å². The highest BCUT2D eigenvalue weighted by molar-refractivity contribution is 7.87. The molecule has 9 nitrogen and oxygen atoms in total. The molecular formula is C31H46N2O7S. The van der Waals surface area contributed by atoms with Crippen LogP contribution in [0.3, 0.4) is 0 Å². The van der Waals surface area contributed by atoms with Gasteiger partial charge in [-0.3, -0.25) is 9.69 Å². The minimum absolute atomic E-state index is 0.00831. The lowest BCUT2D eigenvalue weighted by Gasteiger charge is -2.30. The number of amides is 1. The van der Waals surface area contributed by atoms with E-state index in [4.69, 9.17) is 13.7 Å². The van der Waals surface area contributed by atoms with Crippen LogP contribution < -0.4 is 8.92 Å². The van der Waals surface area contributed by atoms with Crippen LogP contribution >= 0.6 is 0 Å². The smallest absolute Gasteiger partial charge is 0.350 e. The lowest BCUT2D eigenvalue weighted by molar-refractivity contribution is -0.171. The second-order valence-electron chi connectivity index (χ2n) is 12.0. The van der Waals surface area contributed by atoms with Crippen molar-refractivity contribution in [2.45, 2.75) is 79.6 Å². The Morgan fingerprint density at radius 1 is 0.902 bits per heavy atom. The molecule has 0 aromatic heterocycles. The van der Waals surface area contributed by atoms with Gasteiger partial charge in [0, 0.05) is 27.2 Å². The van der Waals surface area contributed by atoms with Crippen LogP contribution in [-0.2, 0) is 37.4 Å². The third-order valence-electron chi connectivity index (χ3n) is 6.25. The molecule has 2 aromatic carbocycles. The van der Waals surface area contributed by atoms with Gasteiger partial charge in [0.15, 0.2) is 5.60 Å². The number of benzene rings is 2. The molecule has 1 amide bonds. The van der Waals surface area contributed by atoms with E-state index in [0.29, 0.717) is 25.3 Å². The number of carbonyl (C=O) groups is 2. The van der Waals surface area contributed by atoms with Gasteiger partial charge in [0.2, 0.25) is 5.91 Å². The Morgan fingerprint density at radius 3 is 1.95 bits per heavy atom. The van der Waals surface area contributed by atoms with E-state index in [1.807, 2.05) is 58.9 Å². The molecule has 0 aliphatic carbocycles. The predicted molar refractivity (Wildman–Crippen MR) is 161 cm³/mol. The fourth-order valence-corrected chi connectivity index (χ4v) is 4.52. The van der Waals surface area contributed by atoms with Crippen LogP contribution in [0.2, 0.25) is 0 Å². The van der Waals surface area contributed by atoms with Crippen LogP contribution in [0, 0.1) is 13.8 Å². The fourth-order valence-electron chi connectivity index (χ4n) is 4.00. The molecular weight excluding hydrogens is 544 g/mol. The van der Waals surface area contributed by atoms with E-state index in [-0.39, 0.29) is 24.0 Å². The number of rotatable bonds is 13. The van der Waals surface area contributed by atoms with Crippen molar-refractivity contribution in [3.05, 3.63) is 58.7 Å². The third-order valence-corrected chi connectivity index (χ3v) is 7.40. The minimum atomic E-state index is -3.58. The average molecular weight is 591 g/mol. The highest BCUT2D eigenvalue weighted by Gasteiger charge is 2.35. The Hall–Kier alpha value is -3.11. The van der Waals surface area contributed by atoms with Crippen molar-refractivity contribution in [3.8, 4) is 11.5 Å². The van der Waals surface area contributed by atoms with E-state index in [2.05, 4.69) is 4.90 Å². The largest absolute Gasteiger partial charge is 0.476 e. The van der Waals surface area contributed by atoms with Gasteiger partial charge in [-0.15, -0.1) is 0 Å². The topological polar surface area (TPSA) is 102 Å². The van der Waals surface area contributed by atoms with Crippen molar-refractivity contribution < 1.29 is 31.7 Å². The zero-order valence-corrected chi connectivity index (χ0v) is 27.0. The zero-order chi connectivity index (χ0) is 31.2. The first kappa shape index (κ1) is 34.1. The van der Waals surface area contributed by atoms with Crippen molar-refractivity contribution >= 4 is 22.0 Å². The Morgan fingerprint density at radius 2 is 1.46 bits per heavy atom. The van der Waals surface area contributed by atoms with Gasteiger partial charge in [-0.2, -0.15) is 8.42 Å². The summed E-state index contributed by atoms with van der Waals surface area (Å²) in [5, 5.41) is 0. The summed E-state index contributed by atoms with van der Waals surface area (Å²) in [4.78, 5) is 29.0. The number of esters is 1. The average Bonchev–Trinajstić information content (AvgIpc) is 2.84. The molecule has 0 unspecified atom stereocenters. The van der Waals surface area contributed by atoms with Crippen molar-refractivity contribution in [2.24, 2.45) is 0 Å². The maximum atomic E-state index is 12.7. The van der Waals surface area contributed by atoms with Crippen LogP contribution in [0.25, 0.3) is 0 Å². The van der Waals surface area contributed by atoms with E-state index in [9.17, 15) is 18.0 Å². The molecule has 0 bridgehead atoms. The summed E-state index contributed by atoms with van der Waals surface area (Å²) in [5.41, 5.74) is 1.98. The summed E-state index contributed by atoms with van der Waals surface area (Å²) in [6.45, 7) is 15.7. The Bertz CT molecular complexity index is 1290. The Balaban J connectivity index is 2.19. The number of likely N-dealkylation sites (N-methyl/N-ethyl adjacent to an activating group) is 1. The van der Waals surface area contributed by atoms with Gasteiger partial charge < -0.3 is 18.6 Å². The van der Waals surface area contributed by atoms with Gasteiger partial charge in [-0.1, -0.05) is 24.3 Å². The molecule has 41 heavy (non-hydrogen) atoms. The van der Waals surface area contributed by atoms with E-state index < -0.39 is 27.3 Å². The molecule has 0 saturated carbocycles. The molecule has 0 aliphatic heterocycles. The highest BCUT2D eigenvalue weighted by Crippen LogP contribution is 2.30. The van der Waals surface area contributed by atoms with Gasteiger partial charge in [-0.25, -0.2) is 4.79 Å². The number of aryl methyl sites for hydroxylation is 2. The molecule has 0 aliphatic rings. The SMILES string of the molecule is CCS(=O)(=O)Oc1ccc(CCN(CC(=O)N(C)C)Cc2cc(C)c(OC(C)(C)C(=O)OC(C)(C)C)c(C)c2)cc1. The summed E-state index contributed by atoms with van der Waals surface area (Å²) in [6, 6.07) is 11.0. The van der Waals surface area contributed by atoms with Crippen LogP contribution in [0.4, 0.5) is 0 Å². The molecule has 2 aromatic rings. The third kappa shape index (κ3) is 11.0. The maximum Gasteiger partial charge on any atom is 0.350 e. The summed E-state index contributed by atoms with van der Waals surface area (Å²) in [5.74, 6) is 0.363. The van der Waals surface area contributed by atoms with Gasteiger partial charge in [-0.05, 0) is 96.2 Å². The molecule has 0 radical (unpaired) electrons. The zero-order valence-electron chi connectivity index (χ0n) is 26.2. The summed E-state index contributed by atoms with van der Waals surface area (Å²) >= 11 is 0. The van der Waals surface area contributed by atoms with E-state index in [0.717, 1.165) is 22.3 Å². The number of ether oxygens (including phenoxy) is 2. The fraction of sp³-hybridized carbons (Fsp3) is 0.548. The van der Waals surface area contributed by atoms with Crippen LogP contribution in [0.1, 0.15) is 63.8 Å². The predicted octanol–water partition coefficient (Wildman–Crippen LogP) is 4.66. The van der Waals surface area contributed by atoms with Crippen LogP contribution in [0.5, 0.6) is 11.5 Å². The van der Waals surface area contributed by atoms with Gasteiger partial charge >= 0.3 is 16.1 Å². The van der Waals surface area contributed by atoms with Crippen molar-refractivity contribution in [1.82, 2.24) is 9.80 Å². The maximum absolute atomic E-state index is 12.7. The summed E-state index contributed by atoms with van der Waals surface area (Å²) in [7, 11) is -0.117. The molecule has 0 fully saturated rings. The minimum Gasteiger partial charge on any atom is -0.476 e. The number of hydrogen-bond acceptors (Lipinski definition) is 8. The van der Waals surface area contributed by atoms with Gasteiger partial charge in [0.05, 0.1) is 12.3 Å². The molecule has 10 heteroatoms. The van der Waals surface area contributed by atoms with E-state index >= 15 is 0 Å². The van der Waals surface area contributed by atoms with Crippen LogP contribution in [-0.4, -0.2) is 74.2 Å². The molecule has 0 heterocycles. The molecule has 0 saturated heterocycles. The lowest BCUT2D eigenvalue weighted by atomic mass is 10.0. The van der Waals surface area contributed by atoms with Crippen LogP contribution in [0.15, 0.2) is 36.4 Å². The number of carbonyl (C=O) groups excluding carboxylic acids is 2. The Labute approximate surface area is 245 Å². The monoisotopic (exact) mass is 590 g/mol. The highest BCUT2D eigenvalue weighted by atomic mass is 32.2. The first-order valence-corrected chi connectivity index (χ1v) is 15.4. The van der Waals surface area contributed by atoms with Gasteiger partial charge in [0.1, 0.15) is 17.1 Å². The second kappa shape index (κ2) is 13.7. The summed E-state index contributed by atoms with van der Waals surface area (Å²) < 4.78 is 40.2. The first-order chi connectivity index (χ1) is 18.8. The molecule has 228 valence electrons. The molecule has 0 atom stereocenters. The molecule has 2 rings (SSSR count). The first-order valence-electron chi connectivity index (χ1n) is 13.8. The normalized spacial score (nSPS) is 12.3. The lowest BCUT2D eigenvalue weighted by Crippen LogP contribution is -2.43. The number of nitrogens with zero attached hydrogens (tertiary/aromatic N) is 2. The van der Waals surface area contributed by atoms with Crippen molar-refractivity contribution in [2.75, 3.05) is 32.9 Å². The molecule has 0 N–H and O–H groups in total. The quantitative estimate of drug-likeness (QED) is 0.245. The van der Waals surface area contributed by atoms with Crippen molar-refractivity contribution in [3.63, 3.8) is 0 Å². The second-order valence-corrected chi connectivity index (χ2v) is 13.9. The van der Waals surface area contributed by atoms with Crippen molar-refractivity contribution in [1.29, 1.82) is 0 Å². The molecule has 0 spiro atoms.